The third-order valence-corrected chi connectivity index (χ3v) is 7.50. The van der Waals surface area contributed by atoms with Gasteiger partial charge >= 0.3 is 0 Å². The molecule has 2 saturated heterocycles. The number of fused-ring (bicyclic) bond motifs is 1. The van der Waals surface area contributed by atoms with E-state index in [0.29, 0.717) is 37.7 Å². The quantitative estimate of drug-likeness (QED) is 0.506. The van der Waals surface area contributed by atoms with Gasteiger partial charge in [0.1, 0.15) is 6.04 Å². The van der Waals surface area contributed by atoms with E-state index >= 15 is 0 Å². The van der Waals surface area contributed by atoms with E-state index in [-0.39, 0.29) is 23.1 Å². The first-order valence-electron chi connectivity index (χ1n) is 13.1. The number of rotatable bonds is 3. The molecular weight excluding hydrogens is 510 g/mol. The van der Waals surface area contributed by atoms with Crippen molar-refractivity contribution in [3.63, 3.8) is 0 Å². The van der Waals surface area contributed by atoms with E-state index in [1.54, 1.807) is 11.7 Å². The summed E-state index contributed by atoms with van der Waals surface area (Å²) in [6.45, 7) is 6.66. The number of aromatic hydroxyl groups is 1. The zero-order valence-corrected chi connectivity index (χ0v) is 22.5. The topological polar surface area (TPSA) is 112 Å². The van der Waals surface area contributed by atoms with Gasteiger partial charge in [-0.2, -0.15) is 10.2 Å². The van der Waals surface area contributed by atoms with Crippen LogP contribution < -0.4 is 5.43 Å². The average Bonchev–Trinajstić information content (AvgIpc) is 3.31. The second kappa shape index (κ2) is 9.67. The molecule has 1 aromatic carbocycles. The van der Waals surface area contributed by atoms with Crippen LogP contribution in [0.1, 0.15) is 53.2 Å². The highest BCUT2D eigenvalue weighted by Crippen LogP contribution is 2.36. The molecule has 10 nitrogen and oxygen atoms in total. The summed E-state index contributed by atoms with van der Waals surface area (Å²) in [6.07, 6.45) is 2.90. The Hall–Kier alpha value is -4.38. The molecule has 2 unspecified atom stereocenters. The Morgan fingerprint density at radius 2 is 1.68 bits per heavy atom. The molecule has 2 aromatic heterocycles. The molecule has 5 heterocycles. The summed E-state index contributed by atoms with van der Waals surface area (Å²) in [5.41, 5.74) is 0.818. The van der Waals surface area contributed by atoms with Gasteiger partial charge in [-0.15, -0.1) is 0 Å². The van der Waals surface area contributed by atoms with Crippen LogP contribution in [0.3, 0.4) is 0 Å². The van der Waals surface area contributed by atoms with Gasteiger partial charge < -0.3 is 19.5 Å². The molecule has 0 saturated carbocycles. The molecule has 2 atom stereocenters. The summed E-state index contributed by atoms with van der Waals surface area (Å²) in [5, 5.41) is 19.8. The number of likely N-dealkylation sites (N-methyl/N-ethyl adjacent to an activating group) is 1. The normalized spacial score (nSPS) is 21.0. The third kappa shape index (κ3) is 4.56. The minimum absolute atomic E-state index is 0.143. The number of nitrogens with zero attached hydrogens (tertiary/aromatic N) is 5. The fourth-order valence-corrected chi connectivity index (χ4v) is 5.07. The third-order valence-electron chi connectivity index (χ3n) is 7.50. The molecule has 0 spiro atoms. The lowest BCUT2D eigenvalue weighted by Gasteiger charge is -2.37. The summed E-state index contributed by atoms with van der Waals surface area (Å²) >= 11 is 0. The van der Waals surface area contributed by atoms with Crippen LogP contribution in [0.15, 0.2) is 47.5 Å². The van der Waals surface area contributed by atoms with Crippen LogP contribution in [0.2, 0.25) is 0 Å². The van der Waals surface area contributed by atoms with Gasteiger partial charge in [0.05, 0.1) is 55.1 Å². The molecule has 1 N–H and O–H groups in total. The van der Waals surface area contributed by atoms with Crippen LogP contribution in [0.5, 0.6) is 5.75 Å². The zero-order valence-electron chi connectivity index (χ0n) is 22.5. The van der Waals surface area contributed by atoms with Gasteiger partial charge in [-0.25, -0.2) is 4.68 Å². The summed E-state index contributed by atoms with van der Waals surface area (Å²) < 4.78 is 14.0. The van der Waals surface area contributed by atoms with Crippen molar-refractivity contribution in [3.8, 4) is 29.4 Å². The number of ether oxygens (including phenoxy) is 2. The summed E-state index contributed by atoms with van der Waals surface area (Å²) in [4.78, 5) is 26.7. The Morgan fingerprint density at radius 1 is 1.02 bits per heavy atom. The maximum absolute atomic E-state index is 13.0. The summed E-state index contributed by atoms with van der Waals surface area (Å²) in [7, 11) is 1.64. The van der Waals surface area contributed by atoms with Crippen molar-refractivity contribution in [3.05, 3.63) is 75.5 Å². The molecule has 0 radical (unpaired) electrons. The van der Waals surface area contributed by atoms with Crippen LogP contribution in [0, 0.1) is 34.5 Å². The second-order valence-electron chi connectivity index (χ2n) is 11.2. The lowest BCUT2D eigenvalue weighted by molar-refractivity contribution is -0.0648. The maximum Gasteiger partial charge on any atom is 0.275 e. The Bertz CT molecular complexity index is 1610. The minimum Gasteiger partial charge on any atom is -0.502 e. The van der Waals surface area contributed by atoms with Crippen molar-refractivity contribution < 1.29 is 19.4 Å². The van der Waals surface area contributed by atoms with Gasteiger partial charge in [0.2, 0.25) is 5.43 Å². The van der Waals surface area contributed by atoms with E-state index < -0.39 is 29.2 Å². The van der Waals surface area contributed by atoms with Gasteiger partial charge in [0, 0.05) is 19.8 Å². The zero-order chi connectivity index (χ0) is 28.1. The van der Waals surface area contributed by atoms with Gasteiger partial charge in [-0.1, -0.05) is 48.1 Å². The molecule has 1 amide bonds. The number of carbonyl (C=O) groups excluding carboxylic acids is 1. The molecule has 0 bridgehead atoms. The molecule has 3 aliphatic heterocycles. The van der Waals surface area contributed by atoms with Gasteiger partial charge in [-0.3, -0.25) is 14.3 Å². The van der Waals surface area contributed by atoms with Crippen molar-refractivity contribution in [1.82, 2.24) is 24.5 Å². The number of aromatic nitrogens is 4. The fourth-order valence-electron chi connectivity index (χ4n) is 5.07. The molecular formula is C30H29N5O5. The lowest BCUT2D eigenvalue weighted by Crippen LogP contribution is -2.46. The van der Waals surface area contributed by atoms with Crippen LogP contribution in [0.4, 0.5) is 0 Å². The smallest absolute Gasteiger partial charge is 0.275 e. The first kappa shape index (κ1) is 25.9. The van der Waals surface area contributed by atoms with Crippen molar-refractivity contribution in [2.45, 2.75) is 25.9 Å². The molecule has 0 aliphatic carbocycles. The van der Waals surface area contributed by atoms with Gasteiger partial charge in [0.25, 0.3) is 5.91 Å². The minimum atomic E-state index is -0.707. The first-order valence-corrected chi connectivity index (χ1v) is 13.1. The van der Waals surface area contributed by atoms with E-state index in [1.807, 2.05) is 36.5 Å². The predicted octanol–water partition coefficient (Wildman–Crippen LogP) is 1.84. The molecule has 2 fully saturated rings. The van der Waals surface area contributed by atoms with Crippen LogP contribution >= 0.6 is 0 Å². The average molecular weight is 540 g/mol. The fraction of sp³-hybridized carbons (Fsp3) is 0.400. The lowest BCUT2D eigenvalue weighted by atomic mass is 9.89. The van der Waals surface area contributed by atoms with Crippen molar-refractivity contribution in [2.75, 3.05) is 40.0 Å². The highest BCUT2D eigenvalue weighted by Gasteiger charge is 2.39. The highest BCUT2D eigenvalue weighted by atomic mass is 16.5. The van der Waals surface area contributed by atoms with Gasteiger partial charge in [0.15, 0.2) is 17.1 Å². The molecule has 40 heavy (non-hydrogen) atoms. The van der Waals surface area contributed by atoms with Crippen molar-refractivity contribution in [2.24, 2.45) is 10.8 Å². The van der Waals surface area contributed by atoms with Crippen LogP contribution in [-0.4, -0.2) is 75.5 Å². The van der Waals surface area contributed by atoms with E-state index in [9.17, 15) is 14.7 Å². The maximum atomic E-state index is 13.0. The molecule has 10 heteroatoms. The standard InChI is InChI=1S/C30H29N5O5/c1-29(16-39-17-29)11-9-21-14-34(32-22(21)10-12-30(2)18-40-19-30)25(20-7-5-4-6-8-20)23-15-33(3)28(38)26-27(37)24(36)13-31-35(23)26/h4-8,13-14,23,25,37H,15-19H2,1-3H3. The van der Waals surface area contributed by atoms with E-state index in [2.05, 4.69) is 42.6 Å². The molecule has 204 valence electrons. The Kier molecular flexibility index (Phi) is 6.25. The number of carbonyl (C=O) groups is 1. The Morgan fingerprint density at radius 3 is 2.30 bits per heavy atom. The summed E-state index contributed by atoms with van der Waals surface area (Å²) in [6, 6.07) is 8.76. The molecule has 3 aromatic rings. The number of hydrogen-bond donors (Lipinski definition) is 1. The Balaban J connectivity index is 1.51. The number of amides is 1. The van der Waals surface area contributed by atoms with Gasteiger partial charge in [-0.05, 0) is 25.3 Å². The van der Waals surface area contributed by atoms with Crippen LogP contribution in [0.25, 0.3) is 0 Å². The monoisotopic (exact) mass is 539 g/mol. The van der Waals surface area contributed by atoms with Crippen LogP contribution in [-0.2, 0) is 9.47 Å². The SMILES string of the molecule is CN1CC(C(c2ccccc2)n2cc(C#CC3(C)COC3)c(C#CC3(C)COC3)n2)n2ncc(=O)c(O)c2C1=O. The first-order chi connectivity index (χ1) is 19.2. The predicted molar refractivity (Wildman–Crippen MR) is 145 cm³/mol. The molecule has 3 aliphatic rings. The number of hydrogen-bond acceptors (Lipinski definition) is 7. The highest BCUT2D eigenvalue weighted by molar-refractivity contribution is 5.95. The van der Waals surface area contributed by atoms with Crippen molar-refractivity contribution >= 4 is 5.91 Å². The summed E-state index contributed by atoms with van der Waals surface area (Å²) in [5.74, 6) is 12.1. The number of benzene rings is 1. The van der Waals surface area contributed by atoms with E-state index in [1.165, 1.54) is 9.58 Å². The van der Waals surface area contributed by atoms with Crippen molar-refractivity contribution in [1.29, 1.82) is 0 Å². The largest absolute Gasteiger partial charge is 0.502 e. The van der Waals surface area contributed by atoms with E-state index in [4.69, 9.17) is 14.6 Å². The molecule has 6 rings (SSSR count). The second-order valence-corrected chi connectivity index (χ2v) is 11.2. The van der Waals surface area contributed by atoms with E-state index in [0.717, 1.165) is 11.8 Å². The Labute approximate surface area is 231 Å².